The van der Waals surface area contributed by atoms with Crippen molar-refractivity contribution in [2.24, 2.45) is 0 Å². The predicted octanol–water partition coefficient (Wildman–Crippen LogP) is 5.22. The van der Waals surface area contributed by atoms with Gasteiger partial charge in [-0.25, -0.2) is 8.42 Å². The summed E-state index contributed by atoms with van der Waals surface area (Å²) in [4.78, 5) is 13.9. The lowest BCUT2D eigenvalue weighted by atomic mass is 10.1. The molecule has 0 unspecified atom stereocenters. The minimum absolute atomic E-state index is 0.00377. The molecule has 35 heavy (non-hydrogen) atoms. The lowest BCUT2D eigenvalue weighted by molar-refractivity contribution is 0.100. The summed E-state index contributed by atoms with van der Waals surface area (Å²) in [6.45, 7) is 4.13. The molecule has 0 saturated carbocycles. The van der Waals surface area contributed by atoms with Crippen LogP contribution in [0.2, 0.25) is 0 Å². The van der Waals surface area contributed by atoms with E-state index >= 15 is 0 Å². The summed E-state index contributed by atoms with van der Waals surface area (Å²) in [6, 6.07) is 13.9. The fourth-order valence-electron chi connectivity index (χ4n) is 3.41. The fourth-order valence-corrected chi connectivity index (χ4v) is 5.44. The maximum atomic E-state index is 13.9. The molecule has 0 heterocycles. The Balaban J connectivity index is 2.25. The minimum Gasteiger partial charge on any atom is -0.494 e. The third-order valence-corrected chi connectivity index (χ3v) is 7.64. The van der Waals surface area contributed by atoms with Crippen LogP contribution in [0.1, 0.15) is 22.8 Å². The summed E-state index contributed by atoms with van der Waals surface area (Å²) in [5.41, 5.74) is 1.03. The molecule has 0 fully saturated rings. The van der Waals surface area contributed by atoms with Gasteiger partial charge in [0.25, 0.3) is 15.9 Å². The summed E-state index contributed by atoms with van der Waals surface area (Å²) in [5.74, 6) is 0.378. The highest BCUT2D eigenvalue weighted by Gasteiger charge is 2.35. The first-order valence-electron chi connectivity index (χ1n) is 10.6. The zero-order valence-electron chi connectivity index (χ0n) is 20.0. The van der Waals surface area contributed by atoms with E-state index in [4.69, 9.17) is 18.9 Å². The molecule has 186 valence electrons. The quantitative estimate of drug-likeness (QED) is 0.352. The molecule has 3 rings (SSSR count). The number of aryl methyl sites for hydroxylation is 1. The first-order chi connectivity index (χ1) is 16.7. The Bertz CT molecular complexity index is 1310. The van der Waals surface area contributed by atoms with Crippen molar-refractivity contribution in [3.8, 4) is 23.0 Å². The zero-order chi connectivity index (χ0) is 25.8. The molecule has 0 radical (unpaired) electrons. The zero-order valence-corrected chi connectivity index (χ0v) is 22.4. The molecule has 10 heteroatoms. The first-order valence-corrected chi connectivity index (χ1v) is 12.8. The number of hydrogen-bond donors (Lipinski definition) is 0. The number of nitrogens with zero attached hydrogens (tertiary/aromatic N) is 1. The van der Waals surface area contributed by atoms with Crippen molar-refractivity contribution in [1.82, 2.24) is 0 Å². The number of ether oxygens (including phenoxy) is 4. The molecular weight excluding hydrogens is 538 g/mol. The van der Waals surface area contributed by atoms with E-state index in [9.17, 15) is 13.2 Å². The number of methoxy groups -OCH3 is 3. The Kier molecular flexibility index (Phi) is 8.29. The minimum atomic E-state index is -4.31. The van der Waals surface area contributed by atoms with Gasteiger partial charge < -0.3 is 18.9 Å². The molecule has 3 aromatic carbocycles. The summed E-state index contributed by atoms with van der Waals surface area (Å²) in [5, 5.41) is 0. The third kappa shape index (κ3) is 5.23. The highest BCUT2D eigenvalue weighted by atomic mass is 79.9. The second-order valence-corrected chi connectivity index (χ2v) is 9.90. The van der Waals surface area contributed by atoms with Crippen LogP contribution in [0.15, 0.2) is 64.0 Å². The Hall–Kier alpha value is -3.24. The van der Waals surface area contributed by atoms with Gasteiger partial charge in [0.15, 0.2) is 11.5 Å². The molecule has 0 bridgehead atoms. The van der Waals surface area contributed by atoms with Crippen molar-refractivity contribution in [1.29, 1.82) is 0 Å². The lowest BCUT2D eigenvalue weighted by Crippen LogP contribution is -2.37. The SMILES string of the molecule is CCOc1ccc(N(C(=O)c2cc(OC)c(OC)c(OC)c2Br)S(=O)(=O)c2ccc(C)cc2)cc1. The number of amides is 1. The summed E-state index contributed by atoms with van der Waals surface area (Å²) in [6.07, 6.45) is 0. The fraction of sp³-hybridized carbons (Fsp3) is 0.240. The Morgan fingerprint density at radius 2 is 1.51 bits per heavy atom. The average Bonchev–Trinajstić information content (AvgIpc) is 2.85. The highest BCUT2D eigenvalue weighted by molar-refractivity contribution is 9.10. The topological polar surface area (TPSA) is 91.4 Å². The van der Waals surface area contributed by atoms with Crippen LogP contribution in [-0.2, 0) is 10.0 Å². The molecule has 8 nitrogen and oxygen atoms in total. The molecular formula is C25H26BrNO7S. The van der Waals surface area contributed by atoms with Gasteiger partial charge in [0.05, 0.1) is 48.6 Å². The largest absolute Gasteiger partial charge is 0.494 e. The van der Waals surface area contributed by atoms with Gasteiger partial charge in [-0.2, -0.15) is 4.31 Å². The van der Waals surface area contributed by atoms with Crippen LogP contribution in [-0.4, -0.2) is 42.3 Å². The molecule has 0 aliphatic carbocycles. The van der Waals surface area contributed by atoms with Crippen LogP contribution in [0.4, 0.5) is 5.69 Å². The molecule has 0 aromatic heterocycles. The Morgan fingerprint density at radius 1 is 0.914 bits per heavy atom. The number of halogens is 1. The van der Waals surface area contributed by atoms with E-state index < -0.39 is 15.9 Å². The van der Waals surface area contributed by atoms with Crippen molar-refractivity contribution < 1.29 is 32.2 Å². The first kappa shape index (κ1) is 26.4. The number of rotatable bonds is 9. The van der Waals surface area contributed by atoms with Gasteiger partial charge >= 0.3 is 0 Å². The third-order valence-electron chi connectivity index (χ3n) is 5.13. The van der Waals surface area contributed by atoms with Crippen molar-refractivity contribution >= 4 is 37.5 Å². The van der Waals surface area contributed by atoms with Crippen LogP contribution in [0, 0.1) is 6.92 Å². The van der Waals surface area contributed by atoms with Gasteiger partial charge in [0.2, 0.25) is 5.75 Å². The molecule has 0 atom stereocenters. The number of benzene rings is 3. The number of carbonyl (C=O) groups excluding carboxylic acids is 1. The van der Waals surface area contributed by atoms with E-state index in [0.29, 0.717) is 12.4 Å². The second kappa shape index (κ2) is 11.0. The molecule has 0 aliphatic rings. The predicted molar refractivity (Wildman–Crippen MR) is 137 cm³/mol. The Morgan fingerprint density at radius 3 is 2.03 bits per heavy atom. The van der Waals surface area contributed by atoms with E-state index in [1.165, 1.54) is 51.7 Å². The molecule has 3 aromatic rings. The van der Waals surface area contributed by atoms with Gasteiger partial charge in [-0.1, -0.05) is 17.7 Å². The van der Waals surface area contributed by atoms with Crippen molar-refractivity contribution in [2.75, 3.05) is 32.2 Å². The van der Waals surface area contributed by atoms with Crippen molar-refractivity contribution in [2.45, 2.75) is 18.7 Å². The summed E-state index contributed by atoms with van der Waals surface area (Å²) in [7, 11) is -0.0570. The van der Waals surface area contributed by atoms with Crippen LogP contribution < -0.4 is 23.3 Å². The van der Waals surface area contributed by atoms with E-state index in [0.717, 1.165) is 9.87 Å². The van der Waals surface area contributed by atoms with Crippen molar-refractivity contribution in [3.05, 3.63) is 70.2 Å². The standard InChI is InChI=1S/C25H26BrNO7S/c1-6-34-18-11-9-17(10-12-18)27(35(29,30)19-13-7-16(2)8-14-19)25(28)20-15-21(31-3)23(32-4)24(33-5)22(20)26/h7-15H,6H2,1-5H3. The van der Waals surface area contributed by atoms with Crippen LogP contribution in [0.3, 0.4) is 0 Å². The van der Waals surface area contributed by atoms with E-state index in [1.54, 1.807) is 24.3 Å². The van der Waals surface area contributed by atoms with E-state index in [1.807, 2.05) is 13.8 Å². The van der Waals surface area contributed by atoms with Gasteiger partial charge in [0.1, 0.15) is 5.75 Å². The second-order valence-electron chi connectivity index (χ2n) is 7.32. The summed E-state index contributed by atoms with van der Waals surface area (Å²) >= 11 is 3.38. The molecule has 0 saturated heterocycles. The van der Waals surface area contributed by atoms with Gasteiger partial charge in [-0.3, -0.25) is 4.79 Å². The maximum absolute atomic E-state index is 13.9. The molecule has 0 N–H and O–H groups in total. The lowest BCUT2D eigenvalue weighted by Gasteiger charge is -2.25. The average molecular weight is 564 g/mol. The Labute approximate surface area is 213 Å². The monoisotopic (exact) mass is 563 g/mol. The molecule has 1 amide bonds. The normalized spacial score (nSPS) is 11.0. The van der Waals surface area contributed by atoms with Crippen LogP contribution >= 0.6 is 15.9 Å². The smallest absolute Gasteiger partial charge is 0.273 e. The number of anilines is 1. The number of hydrogen-bond acceptors (Lipinski definition) is 7. The van der Waals surface area contributed by atoms with Crippen molar-refractivity contribution in [3.63, 3.8) is 0 Å². The van der Waals surface area contributed by atoms with E-state index in [2.05, 4.69) is 15.9 Å². The van der Waals surface area contributed by atoms with Gasteiger partial charge in [-0.05, 0) is 72.2 Å². The van der Waals surface area contributed by atoms with Crippen LogP contribution in [0.25, 0.3) is 0 Å². The number of carbonyl (C=O) groups is 1. The van der Waals surface area contributed by atoms with Gasteiger partial charge in [-0.15, -0.1) is 0 Å². The summed E-state index contributed by atoms with van der Waals surface area (Å²) < 4.78 is 50.2. The molecule has 0 spiro atoms. The maximum Gasteiger partial charge on any atom is 0.273 e. The van der Waals surface area contributed by atoms with Gasteiger partial charge in [0, 0.05) is 0 Å². The number of sulfonamides is 1. The van der Waals surface area contributed by atoms with E-state index in [-0.39, 0.29) is 37.9 Å². The van der Waals surface area contributed by atoms with Crippen LogP contribution in [0.5, 0.6) is 23.0 Å². The molecule has 0 aliphatic heterocycles. The highest BCUT2D eigenvalue weighted by Crippen LogP contribution is 2.45.